The van der Waals surface area contributed by atoms with Crippen LogP contribution in [0.15, 0.2) is 11.2 Å². The average Bonchev–Trinajstić information content (AvgIpc) is 3.25. The van der Waals surface area contributed by atoms with Crippen LogP contribution in [0.2, 0.25) is 0 Å². The van der Waals surface area contributed by atoms with E-state index in [2.05, 4.69) is 33.0 Å². The Labute approximate surface area is 125 Å². The molecule has 0 radical (unpaired) electrons. The standard InChI is InChI=1S/C16H22N4O/c1-11-10-16(21-19-11)5-7-20(8-6-16)15-9-14(13-3-4-13)17-12(2)18-15/h9,13H,3-8,10H2,1-2H3. The second kappa shape index (κ2) is 4.68. The maximum atomic E-state index is 5.70. The van der Waals surface area contributed by atoms with Crippen molar-refractivity contribution in [3.05, 3.63) is 17.6 Å². The van der Waals surface area contributed by atoms with Gasteiger partial charge in [-0.1, -0.05) is 5.16 Å². The number of hydrogen-bond acceptors (Lipinski definition) is 5. The van der Waals surface area contributed by atoms with Gasteiger partial charge in [-0.2, -0.15) is 0 Å². The lowest BCUT2D eigenvalue weighted by molar-refractivity contribution is -0.0360. The molecule has 0 amide bonds. The van der Waals surface area contributed by atoms with Gasteiger partial charge < -0.3 is 9.74 Å². The predicted molar refractivity (Wildman–Crippen MR) is 81.7 cm³/mol. The fourth-order valence-electron chi connectivity index (χ4n) is 3.44. The van der Waals surface area contributed by atoms with Crippen molar-refractivity contribution in [3.8, 4) is 0 Å². The van der Waals surface area contributed by atoms with Crippen LogP contribution < -0.4 is 4.90 Å². The minimum absolute atomic E-state index is 0.0397. The van der Waals surface area contributed by atoms with Gasteiger partial charge >= 0.3 is 0 Å². The van der Waals surface area contributed by atoms with Crippen molar-refractivity contribution in [2.24, 2.45) is 5.16 Å². The minimum Gasteiger partial charge on any atom is -0.389 e. The Morgan fingerprint density at radius 2 is 1.95 bits per heavy atom. The van der Waals surface area contributed by atoms with Crippen LogP contribution in [0, 0.1) is 6.92 Å². The van der Waals surface area contributed by atoms with Gasteiger partial charge in [0, 0.05) is 50.0 Å². The monoisotopic (exact) mass is 286 g/mol. The number of anilines is 1. The zero-order valence-electron chi connectivity index (χ0n) is 12.8. The van der Waals surface area contributed by atoms with Gasteiger partial charge in [-0.25, -0.2) is 9.97 Å². The minimum atomic E-state index is -0.0397. The summed E-state index contributed by atoms with van der Waals surface area (Å²) in [7, 11) is 0. The van der Waals surface area contributed by atoms with Crippen LogP contribution in [0.3, 0.4) is 0 Å². The van der Waals surface area contributed by atoms with E-state index in [0.717, 1.165) is 49.7 Å². The molecule has 3 aliphatic rings. The molecule has 0 bridgehead atoms. The smallest absolute Gasteiger partial charge is 0.146 e. The van der Waals surface area contributed by atoms with Gasteiger partial charge in [-0.05, 0) is 26.7 Å². The number of rotatable bonds is 2. The third-order valence-electron chi connectivity index (χ3n) is 4.81. The molecule has 5 heteroatoms. The summed E-state index contributed by atoms with van der Waals surface area (Å²) in [5.74, 6) is 2.66. The molecule has 0 unspecified atom stereocenters. The lowest BCUT2D eigenvalue weighted by Gasteiger charge is -2.37. The van der Waals surface area contributed by atoms with Crippen LogP contribution in [-0.2, 0) is 4.84 Å². The summed E-state index contributed by atoms with van der Waals surface area (Å²) in [5, 5.41) is 4.14. The zero-order chi connectivity index (χ0) is 14.4. The van der Waals surface area contributed by atoms with E-state index in [1.54, 1.807) is 0 Å². The van der Waals surface area contributed by atoms with Gasteiger partial charge in [0.2, 0.25) is 0 Å². The largest absolute Gasteiger partial charge is 0.389 e. The average molecular weight is 286 g/mol. The van der Waals surface area contributed by atoms with Crippen molar-refractivity contribution in [2.45, 2.75) is 57.5 Å². The van der Waals surface area contributed by atoms with Crippen LogP contribution in [0.25, 0.3) is 0 Å². The fraction of sp³-hybridized carbons (Fsp3) is 0.688. The predicted octanol–water partition coefficient (Wildman–Crippen LogP) is 2.80. The van der Waals surface area contributed by atoms with E-state index in [4.69, 9.17) is 4.84 Å². The van der Waals surface area contributed by atoms with Crippen molar-refractivity contribution in [1.82, 2.24) is 9.97 Å². The summed E-state index contributed by atoms with van der Waals surface area (Å²) in [4.78, 5) is 17.3. The fourth-order valence-corrected chi connectivity index (χ4v) is 3.44. The second-order valence-corrected chi connectivity index (χ2v) is 6.74. The molecule has 1 saturated heterocycles. The molecule has 1 spiro atoms. The lowest BCUT2D eigenvalue weighted by Crippen LogP contribution is -2.44. The van der Waals surface area contributed by atoms with E-state index in [0.29, 0.717) is 5.92 Å². The van der Waals surface area contributed by atoms with Gasteiger partial charge in [0.25, 0.3) is 0 Å². The number of nitrogens with zero attached hydrogens (tertiary/aromatic N) is 4. The molecule has 0 N–H and O–H groups in total. The summed E-state index contributed by atoms with van der Waals surface area (Å²) in [6, 6.07) is 2.19. The quantitative estimate of drug-likeness (QED) is 0.839. The topological polar surface area (TPSA) is 50.6 Å². The summed E-state index contributed by atoms with van der Waals surface area (Å²) in [5.41, 5.74) is 2.31. The summed E-state index contributed by atoms with van der Waals surface area (Å²) in [6.07, 6.45) is 5.59. The molecule has 1 aliphatic carbocycles. The van der Waals surface area contributed by atoms with Crippen molar-refractivity contribution in [1.29, 1.82) is 0 Å². The van der Waals surface area contributed by atoms with Gasteiger partial charge in [-0.15, -0.1) is 0 Å². The number of oxime groups is 1. The maximum Gasteiger partial charge on any atom is 0.146 e. The molecule has 3 heterocycles. The second-order valence-electron chi connectivity index (χ2n) is 6.74. The van der Waals surface area contributed by atoms with Crippen LogP contribution in [0.1, 0.15) is 56.5 Å². The molecule has 2 aliphatic heterocycles. The van der Waals surface area contributed by atoms with E-state index < -0.39 is 0 Å². The summed E-state index contributed by atoms with van der Waals surface area (Å²) in [6.45, 7) is 6.03. The Morgan fingerprint density at radius 1 is 1.19 bits per heavy atom. The molecule has 0 aromatic carbocycles. The van der Waals surface area contributed by atoms with E-state index in [1.807, 2.05) is 6.92 Å². The highest BCUT2D eigenvalue weighted by Gasteiger charge is 2.41. The molecular formula is C16H22N4O. The van der Waals surface area contributed by atoms with Gasteiger partial charge in [0.1, 0.15) is 17.2 Å². The Bertz CT molecular complexity index is 586. The number of piperidine rings is 1. The Hall–Kier alpha value is -1.65. The number of aryl methyl sites for hydroxylation is 1. The normalized spacial score (nSPS) is 24.1. The molecular weight excluding hydrogens is 264 g/mol. The molecule has 21 heavy (non-hydrogen) atoms. The zero-order valence-corrected chi connectivity index (χ0v) is 12.8. The Kier molecular flexibility index (Phi) is 2.91. The van der Waals surface area contributed by atoms with Gasteiger partial charge in [0.15, 0.2) is 0 Å². The molecule has 112 valence electrons. The highest BCUT2D eigenvalue weighted by molar-refractivity contribution is 5.83. The molecule has 1 aromatic heterocycles. The van der Waals surface area contributed by atoms with E-state index in [-0.39, 0.29) is 5.60 Å². The third kappa shape index (κ3) is 2.49. The van der Waals surface area contributed by atoms with Crippen LogP contribution in [0.5, 0.6) is 0 Å². The summed E-state index contributed by atoms with van der Waals surface area (Å²) < 4.78 is 0. The Morgan fingerprint density at radius 3 is 2.57 bits per heavy atom. The van der Waals surface area contributed by atoms with Gasteiger partial charge in [-0.3, -0.25) is 0 Å². The first-order chi connectivity index (χ1) is 10.1. The number of aromatic nitrogens is 2. The van der Waals surface area contributed by atoms with Gasteiger partial charge in [0.05, 0.1) is 5.71 Å². The van der Waals surface area contributed by atoms with Crippen molar-refractivity contribution in [2.75, 3.05) is 18.0 Å². The first-order valence-corrected chi connectivity index (χ1v) is 7.96. The van der Waals surface area contributed by atoms with E-state index in [1.165, 1.54) is 18.5 Å². The molecule has 1 aromatic rings. The SMILES string of the molecule is CC1=NOC2(CCN(c3cc(C4CC4)nc(C)n3)CC2)C1. The van der Waals surface area contributed by atoms with Crippen LogP contribution in [0.4, 0.5) is 5.82 Å². The highest BCUT2D eigenvalue weighted by atomic mass is 16.7. The third-order valence-corrected chi connectivity index (χ3v) is 4.81. The van der Waals surface area contributed by atoms with Crippen molar-refractivity contribution >= 4 is 11.5 Å². The summed E-state index contributed by atoms with van der Waals surface area (Å²) >= 11 is 0. The first-order valence-electron chi connectivity index (χ1n) is 7.96. The molecule has 5 nitrogen and oxygen atoms in total. The molecule has 4 rings (SSSR count). The maximum absolute atomic E-state index is 5.70. The number of hydrogen-bond donors (Lipinski definition) is 0. The van der Waals surface area contributed by atoms with E-state index in [9.17, 15) is 0 Å². The van der Waals surface area contributed by atoms with Crippen molar-refractivity contribution < 1.29 is 4.84 Å². The molecule has 2 fully saturated rings. The molecule has 1 saturated carbocycles. The highest BCUT2D eigenvalue weighted by Crippen LogP contribution is 2.40. The van der Waals surface area contributed by atoms with Crippen LogP contribution in [-0.4, -0.2) is 34.4 Å². The lowest BCUT2D eigenvalue weighted by atomic mass is 9.87. The first kappa shape index (κ1) is 13.0. The van der Waals surface area contributed by atoms with Crippen molar-refractivity contribution in [3.63, 3.8) is 0 Å². The van der Waals surface area contributed by atoms with Crippen LogP contribution >= 0.6 is 0 Å². The molecule has 0 atom stereocenters. The Balaban J connectivity index is 1.49. The van der Waals surface area contributed by atoms with E-state index >= 15 is 0 Å².